The SMILES string of the molecule is N#CC(N=Nc1ccc([N+](=O)[O-])cc1)C(=O)c1ccc(Cl)cc1. The summed E-state index contributed by atoms with van der Waals surface area (Å²) in [6.45, 7) is 0. The van der Waals surface area contributed by atoms with Crippen LogP contribution in [0.15, 0.2) is 58.8 Å². The van der Waals surface area contributed by atoms with Crippen LogP contribution in [-0.2, 0) is 0 Å². The number of nitro groups is 1. The maximum atomic E-state index is 12.1. The third kappa shape index (κ3) is 4.18. The molecule has 7 nitrogen and oxygen atoms in total. The Balaban J connectivity index is 2.15. The fourth-order valence-electron chi connectivity index (χ4n) is 1.67. The quantitative estimate of drug-likeness (QED) is 0.356. The van der Waals surface area contributed by atoms with Gasteiger partial charge in [-0.2, -0.15) is 15.5 Å². The van der Waals surface area contributed by atoms with E-state index in [9.17, 15) is 14.9 Å². The Morgan fingerprint density at radius 2 is 1.78 bits per heavy atom. The highest BCUT2D eigenvalue weighted by molar-refractivity contribution is 6.30. The number of azo groups is 1. The summed E-state index contributed by atoms with van der Waals surface area (Å²) in [5.41, 5.74) is 0.515. The largest absolute Gasteiger partial charge is 0.290 e. The van der Waals surface area contributed by atoms with Gasteiger partial charge in [-0.1, -0.05) is 11.6 Å². The molecule has 0 bridgehead atoms. The topological polar surface area (TPSA) is 109 Å². The van der Waals surface area contributed by atoms with E-state index in [1.165, 1.54) is 48.5 Å². The molecular weight excluding hydrogens is 320 g/mol. The van der Waals surface area contributed by atoms with Crippen LogP contribution >= 0.6 is 11.6 Å². The van der Waals surface area contributed by atoms with Crippen LogP contribution in [0.2, 0.25) is 5.02 Å². The first-order chi connectivity index (χ1) is 11.0. The summed E-state index contributed by atoms with van der Waals surface area (Å²) in [5, 5.41) is 27.6. The summed E-state index contributed by atoms with van der Waals surface area (Å²) >= 11 is 5.74. The number of nitrogens with zero attached hydrogens (tertiary/aromatic N) is 4. The lowest BCUT2D eigenvalue weighted by atomic mass is 10.1. The van der Waals surface area contributed by atoms with Crippen LogP contribution in [0.25, 0.3) is 0 Å². The van der Waals surface area contributed by atoms with Crippen molar-refractivity contribution in [2.75, 3.05) is 0 Å². The molecule has 1 unspecified atom stereocenters. The summed E-state index contributed by atoms with van der Waals surface area (Å²) in [4.78, 5) is 22.2. The molecule has 114 valence electrons. The summed E-state index contributed by atoms with van der Waals surface area (Å²) in [5.74, 6) is -0.505. The fraction of sp³-hybridized carbons (Fsp3) is 0.0667. The molecule has 1 atom stereocenters. The zero-order valence-corrected chi connectivity index (χ0v) is 12.3. The molecule has 0 fully saturated rings. The Hall–Kier alpha value is -3.11. The van der Waals surface area contributed by atoms with Crippen LogP contribution in [-0.4, -0.2) is 16.7 Å². The molecule has 2 aromatic rings. The van der Waals surface area contributed by atoms with Crippen molar-refractivity contribution in [3.05, 3.63) is 69.2 Å². The Morgan fingerprint density at radius 1 is 1.17 bits per heavy atom. The molecule has 0 spiro atoms. The highest BCUT2D eigenvalue weighted by Crippen LogP contribution is 2.19. The van der Waals surface area contributed by atoms with Crippen LogP contribution in [0.4, 0.5) is 11.4 Å². The van der Waals surface area contributed by atoms with Gasteiger partial charge in [0, 0.05) is 22.7 Å². The molecule has 23 heavy (non-hydrogen) atoms. The summed E-state index contributed by atoms with van der Waals surface area (Å²) in [7, 11) is 0. The molecule has 0 aliphatic heterocycles. The van der Waals surface area contributed by atoms with Gasteiger partial charge >= 0.3 is 0 Å². The number of Topliss-reactive ketones (excluding diaryl/α,β-unsaturated/α-hetero) is 1. The van der Waals surface area contributed by atoms with Gasteiger partial charge in [-0.15, -0.1) is 0 Å². The van der Waals surface area contributed by atoms with Crippen LogP contribution in [0.5, 0.6) is 0 Å². The Morgan fingerprint density at radius 3 is 2.30 bits per heavy atom. The number of benzene rings is 2. The fourth-order valence-corrected chi connectivity index (χ4v) is 1.80. The van der Waals surface area contributed by atoms with Crippen molar-refractivity contribution in [2.24, 2.45) is 10.2 Å². The molecule has 0 aliphatic carbocycles. The lowest BCUT2D eigenvalue weighted by molar-refractivity contribution is -0.384. The van der Waals surface area contributed by atoms with Crippen molar-refractivity contribution in [3.8, 4) is 6.07 Å². The number of nitriles is 1. The van der Waals surface area contributed by atoms with E-state index >= 15 is 0 Å². The van der Waals surface area contributed by atoms with E-state index in [0.29, 0.717) is 16.3 Å². The van der Waals surface area contributed by atoms with Crippen molar-refractivity contribution >= 4 is 28.8 Å². The van der Waals surface area contributed by atoms with Crippen molar-refractivity contribution < 1.29 is 9.72 Å². The highest BCUT2D eigenvalue weighted by Gasteiger charge is 2.19. The van der Waals surface area contributed by atoms with E-state index in [-0.39, 0.29) is 5.69 Å². The van der Waals surface area contributed by atoms with Crippen molar-refractivity contribution in [1.29, 1.82) is 5.26 Å². The molecule has 2 rings (SSSR count). The van der Waals surface area contributed by atoms with Crippen LogP contribution < -0.4 is 0 Å². The number of rotatable bonds is 5. The smallest absolute Gasteiger partial charge is 0.269 e. The van der Waals surface area contributed by atoms with Crippen LogP contribution in [0, 0.1) is 21.4 Å². The molecule has 0 amide bonds. The highest BCUT2D eigenvalue weighted by atomic mass is 35.5. The number of hydrogen-bond donors (Lipinski definition) is 0. The van der Waals surface area contributed by atoms with Gasteiger partial charge in [-0.05, 0) is 36.4 Å². The molecule has 0 N–H and O–H groups in total. The standard InChI is InChI=1S/C15H9ClN4O3/c16-11-3-1-10(2-4-11)15(21)14(9-17)19-18-12-5-7-13(8-6-12)20(22)23/h1-8,14H. The number of non-ortho nitro benzene ring substituents is 1. The number of ketones is 1. The maximum Gasteiger partial charge on any atom is 0.269 e. The molecule has 0 aliphatic rings. The van der Waals surface area contributed by atoms with Gasteiger partial charge in [0.2, 0.25) is 11.8 Å². The van der Waals surface area contributed by atoms with E-state index in [4.69, 9.17) is 16.9 Å². The lowest BCUT2D eigenvalue weighted by Crippen LogP contribution is -2.16. The van der Waals surface area contributed by atoms with E-state index < -0.39 is 16.7 Å². The van der Waals surface area contributed by atoms with E-state index in [1.54, 1.807) is 6.07 Å². The van der Waals surface area contributed by atoms with E-state index in [0.717, 1.165) is 0 Å². The Kier molecular flexibility index (Phi) is 5.12. The van der Waals surface area contributed by atoms with Gasteiger partial charge in [0.15, 0.2) is 0 Å². The van der Waals surface area contributed by atoms with Gasteiger partial charge in [-0.25, -0.2) is 0 Å². The predicted molar refractivity (Wildman–Crippen MR) is 82.8 cm³/mol. The Bertz CT molecular complexity index is 795. The molecule has 0 aromatic heterocycles. The average Bonchev–Trinajstić information content (AvgIpc) is 2.56. The van der Waals surface area contributed by atoms with E-state index in [2.05, 4.69) is 10.2 Å². The number of carbonyl (C=O) groups excluding carboxylic acids is 1. The van der Waals surface area contributed by atoms with Gasteiger partial charge in [0.05, 0.1) is 16.7 Å². The zero-order chi connectivity index (χ0) is 16.8. The minimum atomic E-state index is -1.30. The summed E-state index contributed by atoms with van der Waals surface area (Å²) in [6.07, 6.45) is 0. The van der Waals surface area contributed by atoms with Crippen LogP contribution in [0.1, 0.15) is 10.4 Å². The first kappa shape index (κ1) is 16.3. The third-order valence-corrected chi connectivity index (χ3v) is 3.10. The minimum Gasteiger partial charge on any atom is -0.290 e. The molecular formula is C15H9ClN4O3. The lowest BCUT2D eigenvalue weighted by Gasteiger charge is -2.02. The maximum absolute atomic E-state index is 12.1. The van der Waals surface area contributed by atoms with Crippen molar-refractivity contribution in [3.63, 3.8) is 0 Å². The second kappa shape index (κ2) is 7.24. The molecule has 0 saturated heterocycles. The van der Waals surface area contributed by atoms with Gasteiger partial charge in [-0.3, -0.25) is 14.9 Å². The summed E-state index contributed by atoms with van der Waals surface area (Å²) < 4.78 is 0. The van der Waals surface area contributed by atoms with Gasteiger partial charge in [0.25, 0.3) is 5.69 Å². The third-order valence-electron chi connectivity index (χ3n) is 2.85. The average molecular weight is 329 g/mol. The van der Waals surface area contributed by atoms with Crippen LogP contribution in [0.3, 0.4) is 0 Å². The van der Waals surface area contributed by atoms with Crippen molar-refractivity contribution in [2.45, 2.75) is 6.04 Å². The molecule has 2 aromatic carbocycles. The Labute approximate surface area is 136 Å². The molecule has 0 saturated carbocycles. The zero-order valence-electron chi connectivity index (χ0n) is 11.6. The predicted octanol–water partition coefficient (Wildman–Crippen LogP) is 4.11. The first-order valence-corrected chi connectivity index (χ1v) is 6.74. The normalized spacial score (nSPS) is 11.8. The second-order valence-electron chi connectivity index (χ2n) is 4.39. The number of hydrogen-bond acceptors (Lipinski definition) is 6. The first-order valence-electron chi connectivity index (χ1n) is 6.36. The number of halogens is 1. The van der Waals surface area contributed by atoms with Gasteiger partial charge < -0.3 is 0 Å². The summed E-state index contributed by atoms with van der Waals surface area (Å²) in [6, 6.07) is 11.8. The van der Waals surface area contributed by atoms with Gasteiger partial charge in [0.1, 0.15) is 0 Å². The molecule has 8 heteroatoms. The van der Waals surface area contributed by atoms with E-state index in [1.807, 2.05) is 0 Å². The molecule has 0 heterocycles. The molecule has 0 radical (unpaired) electrons. The monoisotopic (exact) mass is 328 g/mol. The second-order valence-corrected chi connectivity index (χ2v) is 4.83. The minimum absolute atomic E-state index is 0.0852. The van der Waals surface area contributed by atoms with Crippen molar-refractivity contribution in [1.82, 2.24) is 0 Å². The number of carbonyl (C=O) groups is 1. The number of nitro benzene ring substituents is 1.